The van der Waals surface area contributed by atoms with E-state index in [9.17, 15) is 9.18 Å². The molecule has 26 heavy (non-hydrogen) atoms. The molecule has 2 aromatic carbocycles. The summed E-state index contributed by atoms with van der Waals surface area (Å²) in [6, 6.07) is 13.0. The second kappa shape index (κ2) is 8.17. The van der Waals surface area contributed by atoms with E-state index in [0.29, 0.717) is 32.5 Å². The molecule has 0 saturated heterocycles. The Kier molecular flexibility index (Phi) is 5.71. The number of rotatable bonds is 5. The number of hydrogen-bond donors (Lipinski definition) is 2. The van der Waals surface area contributed by atoms with Crippen LogP contribution in [0.2, 0.25) is 10.0 Å². The first-order valence-corrected chi connectivity index (χ1v) is 8.48. The van der Waals surface area contributed by atoms with Crippen LogP contribution in [-0.4, -0.2) is 10.9 Å². The molecule has 132 valence electrons. The minimum Gasteiger partial charge on any atom is -0.352 e. The van der Waals surface area contributed by atoms with Crippen LogP contribution < -0.4 is 10.6 Å². The van der Waals surface area contributed by atoms with Gasteiger partial charge in [0.2, 0.25) is 0 Å². The fourth-order valence-electron chi connectivity index (χ4n) is 2.31. The van der Waals surface area contributed by atoms with Crippen molar-refractivity contribution in [1.29, 1.82) is 0 Å². The molecule has 0 spiro atoms. The van der Waals surface area contributed by atoms with E-state index in [2.05, 4.69) is 15.6 Å². The molecule has 0 aliphatic heterocycles. The van der Waals surface area contributed by atoms with Crippen LogP contribution in [0.5, 0.6) is 0 Å². The minimum absolute atomic E-state index is 0.0828. The van der Waals surface area contributed by atoms with Gasteiger partial charge in [-0.2, -0.15) is 0 Å². The van der Waals surface area contributed by atoms with Crippen molar-refractivity contribution in [2.45, 2.75) is 6.54 Å². The Morgan fingerprint density at radius 3 is 2.50 bits per heavy atom. The lowest BCUT2D eigenvalue weighted by molar-refractivity contribution is 0.0950. The maximum atomic E-state index is 13.6. The Hall–Kier alpha value is -2.63. The van der Waals surface area contributed by atoms with Crippen molar-refractivity contribution in [1.82, 2.24) is 10.3 Å². The molecule has 0 saturated carbocycles. The second-order valence-electron chi connectivity index (χ2n) is 5.46. The number of aromatic nitrogens is 1. The molecular weight excluding hydrogens is 376 g/mol. The molecule has 1 aromatic heterocycles. The van der Waals surface area contributed by atoms with E-state index in [4.69, 9.17) is 23.2 Å². The summed E-state index contributed by atoms with van der Waals surface area (Å²) in [6.07, 6.45) is 2.98. The van der Waals surface area contributed by atoms with Crippen LogP contribution in [0.15, 0.2) is 60.9 Å². The summed E-state index contributed by atoms with van der Waals surface area (Å²) in [6.45, 7) is 0.0828. The second-order valence-corrected chi connectivity index (χ2v) is 6.27. The number of amides is 1. The maximum Gasteiger partial charge on any atom is 0.253 e. The number of hydrogen-bond acceptors (Lipinski definition) is 3. The van der Waals surface area contributed by atoms with Crippen LogP contribution in [0, 0.1) is 5.82 Å². The van der Waals surface area contributed by atoms with Crippen LogP contribution in [0.25, 0.3) is 0 Å². The normalized spacial score (nSPS) is 10.4. The zero-order valence-corrected chi connectivity index (χ0v) is 15.0. The third-order valence-electron chi connectivity index (χ3n) is 3.63. The predicted molar refractivity (Wildman–Crippen MR) is 102 cm³/mol. The molecule has 3 rings (SSSR count). The van der Waals surface area contributed by atoms with Crippen LogP contribution in [-0.2, 0) is 6.54 Å². The van der Waals surface area contributed by atoms with E-state index >= 15 is 0 Å². The van der Waals surface area contributed by atoms with E-state index < -0.39 is 0 Å². The van der Waals surface area contributed by atoms with Crippen molar-refractivity contribution in [3.05, 3.63) is 87.9 Å². The van der Waals surface area contributed by atoms with Crippen molar-refractivity contribution in [2.75, 3.05) is 5.32 Å². The zero-order chi connectivity index (χ0) is 18.5. The molecule has 0 unspecified atom stereocenters. The Balaban J connectivity index is 1.72. The molecule has 3 aromatic rings. The lowest BCUT2D eigenvalue weighted by Crippen LogP contribution is -2.23. The summed E-state index contributed by atoms with van der Waals surface area (Å²) in [5.41, 5.74) is 1.82. The third-order valence-corrected chi connectivity index (χ3v) is 4.26. The highest BCUT2D eigenvalue weighted by molar-refractivity contribution is 6.39. The van der Waals surface area contributed by atoms with E-state index in [0.717, 1.165) is 0 Å². The first kappa shape index (κ1) is 18.2. The summed E-state index contributed by atoms with van der Waals surface area (Å²) in [5.74, 6) is -0.732. The van der Waals surface area contributed by atoms with Gasteiger partial charge in [-0.3, -0.25) is 9.78 Å². The van der Waals surface area contributed by atoms with Crippen molar-refractivity contribution in [2.24, 2.45) is 0 Å². The fourth-order valence-corrected chi connectivity index (χ4v) is 2.81. The Morgan fingerprint density at radius 2 is 1.77 bits per heavy atom. The number of pyridine rings is 1. The van der Waals surface area contributed by atoms with Gasteiger partial charge in [-0.15, -0.1) is 0 Å². The Bertz CT molecular complexity index is 929. The summed E-state index contributed by atoms with van der Waals surface area (Å²) in [4.78, 5) is 16.4. The summed E-state index contributed by atoms with van der Waals surface area (Å²) < 4.78 is 13.6. The number of nitrogens with zero attached hydrogens (tertiary/aromatic N) is 1. The molecule has 0 bridgehead atoms. The van der Waals surface area contributed by atoms with Crippen molar-refractivity contribution < 1.29 is 9.18 Å². The summed E-state index contributed by atoms with van der Waals surface area (Å²) in [7, 11) is 0. The number of anilines is 2. The van der Waals surface area contributed by atoms with Gasteiger partial charge in [-0.25, -0.2) is 4.39 Å². The van der Waals surface area contributed by atoms with E-state index in [-0.39, 0.29) is 18.3 Å². The van der Waals surface area contributed by atoms with Gasteiger partial charge in [0.25, 0.3) is 5.91 Å². The number of carbonyl (C=O) groups is 1. The van der Waals surface area contributed by atoms with Gasteiger partial charge in [0.15, 0.2) is 0 Å². The summed E-state index contributed by atoms with van der Waals surface area (Å²) >= 11 is 12.3. The molecule has 1 heterocycles. The van der Waals surface area contributed by atoms with Crippen LogP contribution in [0.4, 0.5) is 15.8 Å². The molecule has 0 atom stereocenters. The molecule has 0 radical (unpaired) electrons. The molecule has 2 N–H and O–H groups in total. The molecular formula is C19H14Cl2FN3O. The number of halogens is 3. The zero-order valence-electron chi connectivity index (χ0n) is 13.5. The molecule has 0 aliphatic carbocycles. The molecule has 0 aliphatic rings. The van der Waals surface area contributed by atoms with E-state index in [1.54, 1.807) is 48.7 Å². The number of benzene rings is 2. The van der Waals surface area contributed by atoms with Gasteiger partial charge in [0.05, 0.1) is 33.2 Å². The first-order chi connectivity index (χ1) is 12.5. The molecule has 0 fully saturated rings. The lowest BCUT2D eigenvalue weighted by atomic mass is 10.2. The fraction of sp³-hybridized carbons (Fsp3) is 0.0526. The highest BCUT2D eigenvalue weighted by atomic mass is 35.5. The largest absolute Gasteiger partial charge is 0.352 e. The van der Waals surface area contributed by atoms with Gasteiger partial charge < -0.3 is 10.6 Å². The Labute approximate surface area is 160 Å². The smallest absolute Gasteiger partial charge is 0.253 e. The first-order valence-electron chi connectivity index (χ1n) is 7.72. The average molecular weight is 390 g/mol. The predicted octanol–water partition coefficient (Wildman–Crippen LogP) is 5.20. The number of para-hydroxylation sites is 1. The SMILES string of the molecule is O=C(NCc1ccccc1F)c1cncc(Nc2c(Cl)cccc2Cl)c1. The van der Waals surface area contributed by atoms with Crippen LogP contribution in [0.1, 0.15) is 15.9 Å². The van der Waals surface area contributed by atoms with Crippen molar-refractivity contribution in [3.63, 3.8) is 0 Å². The molecule has 1 amide bonds. The summed E-state index contributed by atoms with van der Waals surface area (Å²) in [5, 5.41) is 6.63. The van der Waals surface area contributed by atoms with Gasteiger partial charge >= 0.3 is 0 Å². The molecule has 4 nitrogen and oxygen atoms in total. The Morgan fingerprint density at radius 1 is 1.04 bits per heavy atom. The highest BCUT2D eigenvalue weighted by Crippen LogP contribution is 2.32. The van der Waals surface area contributed by atoms with E-state index in [1.165, 1.54) is 12.3 Å². The third kappa shape index (κ3) is 4.31. The quantitative estimate of drug-likeness (QED) is 0.630. The topological polar surface area (TPSA) is 54.0 Å². The monoisotopic (exact) mass is 389 g/mol. The van der Waals surface area contributed by atoms with Crippen LogP contribution in [0.3, 0.4) is 0 Å². The standard InChI is InChI=1S/C19H14Cl2FN3O/c20-15-5-3-6-16(21)18(15)25-14-8-13(9-23-11-14)19(26)24-10-12-4-1-2-7-17(12)22/h1-9,11,25H,10H2,(H,24,26). The number of nitrogens with one attached hydrogen (secondary N) is 2. The van der Waals surface area contributed by atoms with Gasteiger partial charge in [-0.05, 0) is 24.3 Å². The average Bonchev–Trinajstić information content (AvgIpc) is 2.64. The lowest BCUT2D eigenvalue weighted by Gasteiger charge is -2.11. The van der Waals surface area contributed by atoms with Crippen molar-refractivity contribution in [3.8, 4) is 0 Å². The number of carbonyl (C=O) groups excluding carboxylic acids is 1. The van der Waals surface area contributed by atoms with E-state index in [1.807, 2.05) is 0 Å². The highest BCUT2D eigenvalue weighted by Gasteiger charge is 2.10. The maximum absolute atomic E-state index is 13.6. The van der Waals surface area contributed by atoms with Gasteiger partial charge in [0.1, 0.15) is 5.82 Å². The van der Waals surface area contributed by atoms with Gasteiger partial charge in [0, 0.05) is 18.3 Å². The van der Waals surface area contributed by atoms with Crippen molar-refractivity contribution >= 4 is 40.5 Å². The van der Waals surface area contributed by atoms with Gasteiger partial charge in [-0.1, -0.05) is 47.5 Å². The molecule has 7 heteroatoms. The minimum atomic E-state index is -0.366. The van der Waals surface area contributed by atoms with Crippen LogP contribution >= 0.6 is 23.2 Å².